The van der Waals surface area contributed by atoms with Crippen LogP contribution in [0, 0.1) is 5.82 Å². The topological polar surface area (TPSA) is 29.5 Å². The number of carbonyl (C=O) groups excluding carboxylic acids is 1. The van der Waals surface area contributed by atoms with Crippen LogP contribution >= 0.6 is 0 Å². The molecule has 3 rings (SSSR count). The first kappa shape index (κ1) is 15.7. The van der Waals surface area contributed by atoms with Crippen LogP contribution in [0.15, 0.2) is 48.5 Å². The number of carbonyl (C=O) groups is 1. The molecular formula is C19H20FNO2. The summed E-state index contributed by atoms with van der Waals surface area (Å²) in [6.45, 7) is 3.88. The minimum atomic E-state index is -0.262. The van der Waals surface area contributed by atoms with Gasteiger partial charge in [-0.05, 0) is 41.8 Å². The van der Waals surface area contributed by atoms with Gasteiger partial charge < -0.3 is 9.64 Å². The molecule has 120 valence electrons. The minimum absolute atomic E-state index is 0.0333. The zero-order chi connectivity index (χ0) is 16.2. The molecule has 1 atom stereocenters. The van der Waals surface area contributed by atoms with Gasteiger partial charge in [-0.3, -0.25) is 4.79 Å². The second-order valence-corrected chi connectivity index (χ2v) is 5.72. The summed E-state index contributed by atoms with van der Waals surface area (Å²) in [4.78, 5) is 14.6. The highest BCUT2D eigenvalue weighted by molar-refractivity contribution is 5.95. The SMILES string of the molecule is CC[C@H]1COCCN1C(=O)c1ccc(-c2cccc(F)c2)cc1. The lowest BCUT2D eigenvalue weighted by Crippen LogP contribution is -2.48. The number of hydrogen-bond acceptors (Lipinski definition) is 2. The van der Waals surface area contributed by atoms with Crippen molar-refractivity contribution in [3.05, 3.63) is 59.9 Å². The summed E-state index contributed by atoms with van der Waals surface area (Å²) in [5, 5.41) is 0. The molecule has 1 heterocycles. The molecule has 0 radical (unpaired) electrons. The molecule has 0 unspecified atom stereocenters. The van der Waals surface area contributed by atoms with Crippen molar-refractivity contribution in [1.82, 2.24) is 4.90 Å². The number of rotatable bonds is 3. The van der Waals surface area contributed by atoms with Crippen molar-refractivity contribution in [3.63, 3.8) is 0 Å². The van der Waals surface area contributed by atoms with Gasteiger partial charge in [0.15, 0.2) is 0 Å². The first-order chi connectivity index (χ1) is 11.2. The monoisotopic (exact) mass is 313 g/mol. The van der Waals surface area contributed by atoms with Gasteiger partial charge in [0.05, 0.1) is 19.3 Å². The molecule has 2 aromatic carbocycles. The summed E-state index contributed by atoms with van der Waals surface area (Å²) in [5.41, 5.74) is 2.36. The van der Waals surface area contributed by atoms with Gasteiger partial charge in [0.1, 0.15) is 5.82 Å². The standard InChI is InChI=1S/C19H20FNO2/c1-2-18-13-23-11-10-21(18)19(22)15-8-6-14(7-9-15)16-4-3-5-17(20)12-16/h3-9,12,18H,2,10-11,13H2,1H3/t18-/m0/s1. The summed E-state index contributed by atoms with van der Waals surface area (Å²) in [7, 11) is 0. The van der Waals surface area contributed by atoms with Gasteiger partial charge in [-0.1, -0.05) is 31.2 Å². The molecule has 4 heteroatoms. The number of nitrogens with zero attached hydrogens (tertiary/aromatic N) is 1. The average Bonchev–Trinajstić information content (AvgIpc) is 2.61. The zero-order valence-electron chi connectivity index (χ0n) is 13.2. The smallest absolute Gasteiger partial charge is 0.254 e. The fraction of sp³-hybridized carbons (Fsp3) is 0.316. The Morgan fingerprint density at radius 3 is 2.70 bits per heavy atom. The Labute approximate surface area is 135 Å². The molecule has 2 aromatic rings. The molecular weight excluding hydrogens is 293 g/mol. The highest BCUT2D eigenvalue weighted by atomic mass is 19.1. The van der Waals surface area contributed by atoms with Crippen LogP contribution in [0.5, 0.6) is 0 Å². The summed E-state index contributed by atoms with van der Waals surface area (Å²) in [6.07, 6.45) is 0.882. The van der Waals surface area contributed by atoms with E-state index in [-0.39, 0.29) is 17.8 Å². The highest BCUT2D eigenvalue weighted by Gasteiger charge is 2.26. The number of ether oxygens (including phenoxy) is 1. The third kappa shape index (κ3) is 3.42. The Balaban J connectivity index is 1.80. The summed E-state index contributed by atoms with van der Waals surface area (Å²) >= 11 is 0. The van der Waals surface area contributed by atoms with Crippen LogP contribution in [0.3, 0.4) is 0 Å². The highest BCUT2D eigenvalue weighted by Crippen LogP contribution is 2.22. The minimum Gasteiger partial charge on any atom is -0.377 e. The van der Waals surface area contributed by atoms with Crippen LogP contribution in [-0.4, -0.2) is 36.6 Å². The van der Waals surface area contributed by atoms with E-state index in [0.29, 0.717) is 25.3 Å². The number of halogens is 1. The first-order valence-electron chi connectivity index (χ1n) is 7.93. The predicted molar refractivity (Wildman–Crippen MR) is 87.8 cm³/mol. The normalized spacial score (nSPS) is 18.0. The molecule has 0 bridgehead atoms. The second-order valence-electron chi connectivity index (χ2n) is 5.72. The van der Waals surface area contributed by atoms with Crippen LogP contribution in [-0.2, 0) is 4.74 Å². The van der Waals surface area contributed by atoms with E-state index in [1.54, 1.807) is 6.07 Å². The maximum Gasteiger partial charge on any atom is 0.254 e. The molecule has 0 spiro atoms. The molecule has 1 amide bonds. The van der Waals surface area contributed by atoms with Gasteiger partial charge >= 0.3 is 0 Å². The lowest BCUT2D eigenvalue weighted by molar-refractivity contribution is -0.00279. The van der Waals surface area contributed by atoms with Crippen LogP contribution < -0.4 is 0 Å². The average molecular weight is 313 g/mol. The van der Waals surface area contributed by atoms with Gasteiger partial charge in [0, 0.05) is 12.1 Å². The quantitative estimate of drug-likeness (QED) is 0.864. The molecule has 1 saturated heterocycles. The molecule has 0 aromatic heterocycles. The predicted octanol–water partition coefficient (Wildman–Crippen LogP) is 3.74. The van der Waals surface area contributed by atoms with Crippen molar-refractivity contribution < 1.29 is 13.9 Å². The Bertz CT molecular complexity index is 684. The Morgan fingerprint density at radius 1 is 1.22 bits per heavy atom. The fourth-order valence-electron chi connectivity index (χ4n) is 2.90. The van der Waals surface area contributed by atoms with Crippen LogP contribution in [0.4, 0.5) is 4.39 Å². The van der Waals surface area contributed by atoms with Gasteiger partial charge in [-0.15, -0.1) is 0 Å². The van der Waals surface area contributed by atoms with E-state index in [1.807, 2.05) is 35.2 Å². The van der Waals surface area contributed by atoms with E-state index in [9.17, 15) is 9.18 Å². The molecule has 1 fully saturated rings. The van der Waals surface area contributed by atoms with E-state index in [2.05, 4.69) is 6.92 Å². The Kier molecular flexibility index (Phi) is 4.72. The van der Waals surface area contributed by atoms with Gasteiger partial charge in [-0.2, -0.15) is 0 Å². The second kappa shape index (κ2) is 6.92. The molecule has 1 aliphatic rings. The lowest BCUT2D eigenvalue weighted by Gasteiger charge is -2.35. The molecule has 3 nitrogen and oxygen atoms in total. The maximum absolute atomic E-state index is 13.3. The van der Waals surface area contributed by atoms with E-state index in [1.165, 1.54) is 12.1 Å². The van der Waals surface area contributed by atoms with Crippen molar-refractivity contribution in [2.75, 3.05) is 19.8 Å². The third-order valence-corrected chi connectivity index (χ3v) is 4.25. The molecule has 0 aliphatic carbocycles. The van der Waals surface area contributed by atoms with Crippen LogP contribution in [0.2, 0.25) is 0 Å². The summed E-state index contributed by atoms with van der Waals surface area (Å²) in [5.74, 6) is -0.229. The third-order valence-electron chi connectivity index (χ3n) is 4.25. The largest absolute Gasteiger partial charge is 0.377 e. The van der Waals surface area contributed by atoms with E-state index >= 15 is 0 Å². The Morgan fingerprint density at radius 2 is 2.00 bits per heavy atom. The number of amides is 1. The van der Waals surface area contributed by atoms with Crippen LogP contribution in [0.25, 0.3) is 11.1 Å². The molecule has 0 saturated carbocycles. The van der Waals surface area contributed by atoms with Gasteiger partial charge in [-0.25, -0.2) is 4.39 Å². The summed E-state index contributed by atoms with van der Waals surface area (Å²) < 4.78 is 18.8. The Hall–Kier alpha value is -2.20. The lowest BCUT2D eigenvalue weighted by atomic mass is 10.0. The van der Waals surface area contributed by atoms with Crippen molar-refractivity contribution in [2.24, 2.45) is 0 Å². The van der Waals surface area contributed by atoms with E-state index < -0.39 is 0 Å². The van der Waals surface area contributed by atoms with E-state index in [4.69, 9.17) is 4.74 Å². The maximum atomic E-state index is 13.3. The molecule has 1 aliphatic heterocycles. The fourth-order valence-corrected chi connectivity index (χ4v) is 2.90. The van der Waals surface area contributed by atoms with Crippen molar-refractivity contribution in [3.8, 4) is 11.1 Å². The van der Waals surface area contributed by atoms with Crippen molar-refractivity contribution >= 4 is 5.91 Å². The number of benzene rings is 2. The van der Waals surface area contributed by atoms with Crippen LogP contribution in [0.1, 0.15) is 23.7 Å². The summed E-state index contributed by atoms with van der Waals surface area (Å²) in [6, 6.07) is 13.9. The van der Waals surface area contributed by atoms with Crippen molar-refractivity contribution in [2.45, 2.75) is 19.4 Å². The van der Waals surface area contributed by atoms with Gasteiger partial charge in [0.25, 0.3) is 5.91 Å². The first-order valence-corrected chi connectivity index (χ1v) is 7.93. The molecule has 23 heavy (non-hydrogen) atoms. The molecule has 0 N–H and O–H groups in total. The van der Waals surface area contributed by atoms with Crippen molar-refractivity contribution in [1.29, 1.82) is 0 Å². The zero-order valence-corrected chi connectivity index (χ0v) is 13.2. The number of morpholine rings is 1. The van der Waals surface area contributed by atoms with Gasteiger partial charge in [0.2, 0.25) is 0 Å². The number of hydrogen-bond donors (Lipinski definition) is 0. The van der Waals surface area contributed by atoms with E-state index in [0.717, 1.165) is 17.5 Å².